The Morgan fingerprint density at radius 2 is 1.81 bits per heavy atom. The van der Waals surface area contributed by atoms with Crippen molar-refractivity contribution < 1.29 is 15.0 Å². The number of hydrogen-bond donors (Lipinski definition) is 2. The molecule has 0 radical (unpaired) electrons. The fourth-order valence-electron chi connectivity index (χ4n) is 2.80. The highest BCUT2D eigenvalue weighted by Crippen LogP contribution is 2.32. The van der Waals surface area contributed by atoms with Crippen LogP contribution >= 0.6 is 0 Å². The SMILES string of the molecule is Cc1ccccc1-n1c(C)c(C(=O)O)c2cc(O)ccc21. The predicted octanol–water partition coefficient (Wildman–Crippen LogP) is 3.65. The van der Waals surface area contributed by atoms with Crippen molar-refractivity contribution >= 4 is 16.9 Å². The van der Waals surface area contributed by atoms with Crippen LogP contribution in [0.15, 0.2) is 42.5 Å². The molecule has 21 heavy (non-hydrogen) atoms. The molecule has 4 nitrogen and oxygen atoms in total. The average molecular weight is 281 g/mol. The fraction of sp³-hybridized carbons (Fsp3) is 0.118. The molecule has 3 rings (SSSR count). The molecular formula is C17H15NO3. The van der Waals surface area contributed by atoms with E-state index in [1.54, 1.807) is 19.1 Å². The number of para-hydroxylation sites is 1. The van der Waals surface area contributed by atoms with Crippen LogP contribution in [0.25, 0.3) is 16.6 Å². The van der Waals surface area contributed by atoms with E-state index in [1.165, 1.54) is 6.07 Å². The average Bonchev–Trinajstić information content (AvgIpc) is 2.71. The minimum absolute atomic E-state index is 0.0620. The van der Waals surface area contributed by atoms with Crippen LogP contribution in [-0.2, 0) is 0 Å². The van der Waals surface area contributed by atoms with E-state index in [0.29, 0.717) is 11.1 Å². The van der Waals surface area contributed by atoms with Crippen molar-refractivity contribution in [1.29, 1.82) is 0 Å². The third-order valence-electron chi connectivity index (χ3n) is 3.76. The van der Waals surface area contributed by atoms with E-state index in [1.807, 2.05) is 35.8 Å². The topological polar surface area (TPSA) is 62.5 Å². The van der Waals surface area contributed by atoms with Gasteiger partial charge in [0.15, 0.2) is 0 Å². The van der Waals surface area contributed by atoms with Crippen molar-refractivity contribution in [2.24, 2.45) is 0 Å². The van der Waals surface area contributed by atoms with Crippen LogP contribution in [0.5, 0.6) is 5.75 Å². The Hall–Kier alpha value is -2.75. The molecule has 2 aromatic carbocycles. The molecule has 0 saturated carbocycles. The largest absolute Gasteiger partial charge is 0.508 e. The second kappa shape index (κ2) is 4.66. The molecule has 0 unspecified atom stereocenters. The molecule has 106 valence electrons. The van der Waals surface area contributed by atoms with Crippen LogP contribution in [0.2, 0.25) is 0 Å². The number of aromatic nitrogens is 1. The summed E-state index contributed by atoms with van der Waals surface area (Å²) in [6.45, 7) is 3.77. The van der Waals surface area contributed by atoms with Gasteiger partial charge in [0.25, 0.3) is 0 Å². The summed E-state index contributed by atoms with van der Waals surface area (Å²) >= 11 is 0. The molecule has 1 aromatic heterocycles. The van der Waals surface area contributed by atoms with Gasteiger partial charge in [-0.15, -0.1) is 0 Å². The first-order chi connectivity index (χ1) is 10.0. The van der Waals surface area contributed by atoms with Gasteiger partial charge in [-0.25, -0.2) is 4.79 Å². The molecule has 4 heteroatoms. The number of nitrogens with zero attached hydrogens (tertiary/aromatic N) is 1. The van der Waals surface area contributed by atoms with Crippen molar-refractivity contribution in [2.75, 3.05) is 0 Å². The summed E-state index contributed by atoms with van der Waals surface area (Å²) in [5.41, 5.74) is 3.65. The van der Waals surface area contributed by atoms with E-state index in [9.17, 15) is 15.0 Å². The quantitative estimate of drug-likeness (QED) is 0.753. The standard InChI is InChI=1S/C17H15NO3/c1-10-5-3-4-6-14(10)18-11(2)16(17(20)21)13-9-12(19)7-8-15(13)18/h3-9,19H,1-2H3,(H,20,21). The third kappa shape index (κ3) is 1.96. The molecular weight excluding hydrogens is 266 g/mol. The lowest BCUT2D eigenvalue weighted by Gasteiger charge is -2.11. The maximum Gasteiger partial charge on any atom is 0.338 e. The summed E-state index contributed by atoms with van der Waals surface area (Å²) in [4.78, 5) is 11.6. The number of aromatic carboxylic acids is 1. The van der Waals surface area contributed by atoms with E-state index in [2.05, 4.69) is 0 Å². The molecule has 0 aliphatic rings. The van der Waals surface area contributed by atoms with Crippen molar-refractivity contribution in [3.8, 4) is 11.4 Å². The lowest BCUT2D eigenvalue weighted by atomic mass is 10.1. The number of benzene rings is 2. The number of aromatic hydroxyl groups is 1. The zero-order chi connectivity index (χ0) is 15.1. The minimum Gasteiger partial charge on any atom is -0.508 e. The lowest BCUT2D eigenvalue weighted by molar-refractivity contribution is 0.0698. The van der Waals surface area contributed by atoms with E-state index in [4.69, 9.17) is 0 Å². The van der Waals surface area contributed by atoms with Gasteiger partial charge in [0.1, 0.15) is 5.75 Å². The van der Waals surface area contributed by atoms with Crippen LogP contribution < -0.4 is 0 Å². The van der Waals surface area contributed by atoms with Gasteiger partial charge in [-0.05, 0) is 43.7 Å². The van der Waals surface area contributed by atoms with Crippen LogP contribution in [0.4, 0.5) is 0 Å². The molecule has 0 spiro atoms. The molecule has 0 aliphatic heterocycles. The van der Waals surface area contributed by atoms with Crippen molar-refractivity contribution in [1.82, 2.24) is 4.57 Å². The van der Waals surface area contributed by atoms with Gasteiger partial charge < -0.3 is 14.8 Å². The smallest absolute Gasteiger partial charge is 0.338 e. The maximum absolute atomic E-state index is 11.6. The van der Waals surface area contributed by atoms with Gasteiger partial charge in [-0.1, -0.05) is 18.2 Å². The Morgan fingerprint density at radius 3 is 2.48 bits per heavy atom. The van der Waals surface area contributed by atoms with Crippen molar-refractivity contribution in [2.45, 2.75) is 13.8 Å². The summed E-state index contributed by atoms with van der Waals surface area (Å²) in [5, 5.41) is 19.7. The number of carbonyl (C=O) groups is 1. The van der Waals surface area contributed by atoms with Gasteiger partial charge in [0.05, 0.1) is 11.1 Å². The van der Waals surface area contributed by atoms with Crippen LogP contribution in [0.1, 0.15) is 21.6 Å². The molecule has 1 heterocycles. The first-order valence-electron chi connectivity index (χ1n) is 6.64. The maximum atomic E-state index is 11.6. The van der Waals surface area contributed by atoms with Gasteiger partial charge >= 0.3 is 5.97 Å². The Kier molecular flexibility index (Phi) is 2.94. The Labute approximate surface area is 121 Å². The highest BCUT2D eigenvalue weighted by atomic mass is 16.4. The van der Waals surface area contributed by atoms with Crippen LogP contribution in [0, 0.1) is 13.8 Å². The van der Waals surface area contributed by atoms with Gasteiger partial charge in [-0.2, -0.15) is 0 Å². The lowest BCUT2D eigenvalue weighted by Crippen LogP contribution is -2.02. The molecule has 0 aliphatic carbocycles. The number of hydrogen-bond acceptors (Lipinski definition) is 2. The van der Waals surface area contributed by atoms with Gasteiger partial charge in [0, 0.05) is 16.8 Å². The Balaban J connectivity index is 2.47. The minimum atomic E-state index is -0.990. The van der Waals surface area contributed by atoms with Crippen LogP contribution in [-0.4, -0.2) is 20.7 Å². The summed E-state index contributed by atoms with van der Waals surface area (Å²) in [5.74, 6) is -0.928. The summed E-state index contributed by atoms with van der Waals surface area (Å²) in [7, 11) is 0. The van der Waals surface area contributed by atoms with E-state index in [-0.39, 0.29) is 11.3 Å². The predicted molar refractivity (Wildman–Crippen MR) is 81.4 cm³/mol. The molecule has 0 atom stereocenters. The molecule has 3 aromatic rings. The first-order valence-corrected chi connectivity index (χ1v) is 6.64. The number of carboxylic acids is 1. The zero-order valence-electron chi connectivity index (χ0n) is 11.8. The summed E-state index contributed by atoms with van der Waals surface area (Å²) in [6.07, 6.45) is 0. The Bertz CT molecular complexity index is 862. The first kappa shape index (κ1) is 13.2. The highest BCUT2D eigenvalue weighted by molar-refractivity contribution is 6.06. The second-order valence-electron chi connectivity index (χ2n) is 5.09. The number of phenols is 1. The summed E-state index contributed by atoms with van der Waals surface area (Å²) in [6, 6.07) is 12.6. The zero-order valence-corrected chi connectivity index (χ0v) is 11.8. The molecule has 0 fully saturated rings. The molecule has 0 amide bonds. The molecule has 2 N–H and O–H groups in total. The number of phenolic OH excluding ortho intramolecular Hbond substituents is 1. The normalized spacial score (nSPS) is 11.0. The molecule has 0 saturated heterocycles. The fourth-order valence-corrected chi connectivity index (χ4v) is 2.80. The highest BCUT2D eigenvalue weighted by Gasteiger charge is 2.21. The number of fused-ring (bicyclic) bond motifs is 1. The van der Waals surface area contributed by atoms with Gasteiger partial charge in [-0.3, -0.25) is 0 Å². The van der Waals surface area contributed by atoms with E-state index in [0.717, 1.165) is 16.8 Å². The number of aryl methyl sites for hydroxylation is 1. The van der Waals surface area contributed by atoms with Crippen molar-refractivity contribution in [3.05, 3.63) is 59.3 Å². The van der Waals surface area contributed by atoms with Gasteiger partial charge in [0.2, 0.25) is 0 Å². The summed E-state index contributed by atoms with van der Waals surface area (Å²) < 4.78 is 1.92. The van der Waals surface area contributed by atoms with Crippen molar-refractivity contribution in [3.63, 3.8) is 0 Å². The van der Waals surface area contributed by atoms with E-state index < -0.39 is 5.97 Å². The number of rotatable bonds is 2. The Morgan fingerprint density at radius 1 is 1.10 bits per heavy atom. The van der Waals surface area contributed by atoms with Crippen LogP contribution in [0.3, 0.4) is 0 Å². The third-order valence-corrected chi connectivity index (χ3v) is 3.76. The monoisotopic (exact) mass is 281 g/mol. The molecule has 0 bridgehead atoms. The number of carboxylic acid groups (broad SMARTS) is 1. The van der Waals surface area contributed by atoms with E-state index >= 15 is 0 Å². The second-order valence-corrected chi connectivity index (χ2v) is 5.09.